The molecule has 0 saturated heterocycles. The van der Waals surface area contributed by atoms with Crippen LogP contribution in [-0.2, 0) is 0 Å². The summed E-state index contributed by atoms with van der Waals surface area (Å²) in [5, 5.41) is 24.4. The zero-order chi connectivity index (χ0) is 18.4. The van der Waals surface area contributed by atoms with Crippen molar-refractivity contribution in [3.63, 3.8) is 0 Å². The third-order valence-electron chi connectivity index (χ3n) is 4.12. The van der Waals surface area contributed by atoms with Gasteiger partial charge in [0.15, 0.2) is 0 Å². The predicted molar refractivity (Wildman–Crippen MR) is 96.7 cm³/mol. The van der Waals surface area contributed by atoms with Crippen LogP contribution in [0.2, 0.25) is 5.02 Å². The molecule has 2 aromatic heterocycles. The quantitative estimate of drug-likeness (QED) is 0.464. The highest BCUT2D eigenvalue weighted by Gasteiger charge is 2.24. The molecule has 3 N–H and O–H groups in total. The van der Waals surface area contributed by atoms with E-state index in [1.54, 1.807) is 43.3 Å². The number of ketones is 1. The summed E-state index contributed by atoms with van der Waals surface area (Å²) < 4.78 is 5.03. The number of hydrogen-bond donors (Lipinski definition) is 3. The first-order valence-electron chi connectivity index (χ1n) is 7.75. The highest BCUT2D eigenvalue weighted by Crippen LogP contribution is 2.37. The number of rotatable bonds is 3. The number of aromatic amines is 1. The van der Waals surface area contributed by atoms with Crippen molar-refractivity contribution in [2.45, 2.75) is 6.92 Å². The number of aryl methyl sites for hydroxylation is 1. The molecule has 0 aliphatic carbocycles. The molecule has 2 heterocycles. The molecule has 130 valence electrons. The normalized spacial score (nSPS) is 11.2. The maximum absolute atomic E-state index is 12.8. The zero-order valence-electron chi connectivity index (χ0n) is 13.6. The molecule has 6 nitrogen and oxygen atoms in total. The van der Waals surface area contributed by atoms with Crippen molar-refractivity contribution >= 4 is 28.3 Å². The minimum absolute atomic E-state index is 0.0415. The van der Waals surface area contributed by atoms with Gasteiger partial charge in [0.2, 0.25) is 17.4 Å². The number of aromatic hydroxyl groups is 2. The Kier molecular flexibility index (Phi) is 3.70. The second-order valence-corrected chi connectivity index (χ2v) is 6.34. The SMILES string of the molecule is Cc1cc(C(=O)c2c(O)[nH]c3cc(Cl)c(-c4ccc(O)cc4)cc23)on1. The van der Waals surface area contributed by atoms with E-state index < -0.39 is 5.78 Å². The van der Waals surface area contributed by atoms with Crippen LogP contribution in [0.25, 0.3) is 22.0 Å². The number of nitrogens with zero attached hydrogens (tertiary/aromatic N) is 1. The molecule has 2 aromatic carbocycles. The number of phenols is 1. The minimum Gasteiger partial charge on any atom is -0.508 e. The highest BCUT2D eigenvalue weighted by atomic mass is 35.5. The number of carbonyl (C=O) groups is 1. The molecular formula is C19H13ClN2O4. The third kappa shape index (κ3) is 2.60. The monoisotopic (exact) mass is 368 g/mol. The number of benzene rings is 2. The third-order valence-corrected chi connectivity index (χ3v) is 4.44. The summed E-state index contributed by atoms with van der Waals surface area (Å²) >= 11 is 6.36. The Bertz CT molecular complexity index is 1140. The van der Waals surface area contributed by atoms with Crippen LogP contribution in [0.3, 0.4) is 0 Å². The van der Waals surface area contributed by atoms with Gasteiger partial charge < -0.3 is 19.7 Å². The van der Waals surface area contributed by atoms with Crippen LogP contribution in [-0.4, -0.2) is 26.1 Å². The number of hydrogen-bond acceptors (Lipinski definition) is 5. The number of phenolic OH excluding ortho intramolecular Hbond substituents is 1. The molecule has 0 fully saturated rings. The van der Waals surface area contributed by atoms with Gasteiger partial charge in [-0.15, -0.1) is 0 Å². The fraction of sp³-hybridized carbons (Fsp3) is 0.0526. The van der Waals surface area contributed by atoms with Crippen molar-refractivity contribution in [3.05, 3.63) is 64.5 Å². The highest BCUT2D eigenvalue weighted by molar-refractivity contribution is 6.34. The van der Waals surface area contributed by atoms with Gasteiger partial charge in [-0.05, 0) is 36.8 Å². The number of aromatic nitrogens is 2. The predicted octanol–water partition coefficient (Wildman–Crippen LogP) is 4.43. The molecule has 0 amide bonds. The smallest absolute Gasteiger partial charge is 0.237 e. The van der Waals surface area contributed by atoms with Gasteiger partial charge in [-0.2, -0.15) is 0 Å². The molecule has 0 unspecified atom stereocenters. The molecule has 0 aliphatic rings. The second-order valence-electron chi connectivity index (χ2n) is 5.93. The largest absolute Gasteiger partial charge is 0.508 e. The molecule has 0 radical (unpaired) electrons. The molecule has 0 saturated carbocycles. The van der Waals surface area contributed by atoms with E-state index in [0.29, 0.717) is 27.2 Å². The average Bonchev–Trinajstić information content (AvgIpc) is 3.17. The molecule has 26 heavy (non-hydrogen) atoms. The van der Waals surface area contributed by atoms with Crippen LogP contribution in [0.15, 0.2) is 47.0 Å². The fourth-order valence-corrected chi connectivity index (χ4v) is 3.16. The Morgan fingerprint density at radius 3 is 2.54 bits per heavy atom. The Balaban J connectivity index is 1.91. The molecular weight excluding hydrogens is 356 g/mol. The van der Waals surface area contributed by atoms with Gasteiger partial charge >= 0.3 is 0 Å². The standard InChI is InChI=1S/C19H13ClN2O4/c1-9-6-16(26-22-9)18(24)17-13-7-12(10-2-4-11(23)5-3-10)14(20)8-15(13)21-19(17)25/h2-8,21,23,25H,1H3. The zero-order valence-corrected chi connectivity index (χ0v) is 14.3. The van der Waals surface area contributed by atoms with Crippen LogP contribution in [0.4, 0.5) is 0 Å². The molecule has 0 spiro atoms. The average molecular weight is 369 g/mol. The van der Waals surface area contributed by atoms with Crippen LogP contribution >= 0.6 is 11.6 Å². The summed E-state index contributed by atoms with van der Waals surface area (Å²) in [6, 6.07) is 11.4. The Labute approximate surface area is 152 Å². The number of nitrogens with one attached hydrogen (secondary N) is 1. The van der Waals surface area contributed by atoms with Crippen LogP contribution in [0, 0.1) is 6.92 Å². The molecule has 0 aliphatic heterocycles. The Morgan fingerprint density at radius 1 is 1.15 bits per heavy atom. The maximum atomic E-state index is 12.8. The van der Waals surface area contributed by atoms with E-state index in [1.807, 2.05) is 0 Å². The molecule has 0 bridgehead atoms. The van der Waals surface area contributed by atoms with Crippen molar-refractivity contribution in [1.29, 1.82) is 0 Å². The van der Waals surface area contributed by atoms with Gasteiger partial charge in [0.25, 0.3) is 0 Å². The maximum Gasteiger partial charge on any atom is 0.237 e. The van der Waals surface area contributed by atoms with E-state index in [1.165, 1.54) is 6.07 Å². The van der Waals surface area contributed by atoms with Crippen LogP contribution in [0.1, 0.15) is 21.8 Å². The lowest BCUT2D eigenvalue weighted by Crippen LogP contribution is -1.99. The lowest BCUT2D eigenvalue weighted by Gasteiger charge is -2.06. The van der Waals surface area contributed by atoms with Crippen molar-refractivity contribution in [3.8, 4) is 22.8 Å². The van der Waals surface area contributed by atoms with Gasteiger partial charge in [0, 0.05) is 17.0 Å². The number of fused-ring (bicyclic) bond motifs is 1. The summed E-state index contributed by atoms with van der Waals surface area (Å²) in [6.07, 6.45) is 0. The number of carbonyl (C=O) groups excluding carboxylic acids is 1. The van der Waals surface area contributed by atoms with E-state index in [2.05, 4.69) is 10.1 Å². The number of H-pyrrole nitrogens is 1. The topological polar surface area (TPSA) is 99.3 Å². The van der Waals surface area contributed by atoms with Gasteiger partial charge in [-0.3, -0.25) is 4.79 Å². The summed E-state index contributed by atoms with van der Waals surface area (Å²) in [6.45, 7) is 1.71. The lowest BCUT2D eigenvalue weighted by atomic mass is 10.0. The first-order chi connectivity index (χ1) is 12.4. The van der Waals surface area contributed by atoms with Gasteiger partial charge in [-0.25, -0.2) is 0 Å². The Morgan fingerprint density at radius 2 is 1.88 bits per heavy atom. The second kappa shape index (κ2) is 5.93. The summed E-state index contributed by atoms with van der Waals surface area (Å²) in [4.78, 5) is 15.5. The minimum atomic E-state index is -0.478. The van der Waals surface area contributed by atoms with Crippen molar-refractivity contribution in [2.75, 3.05) is 0 Å². The fourth-order valence-electron chi connectivity index (χ4n) is 2.89. The molecule has 4 aromatic rings. The van der Waals surface area contributed by atoms with Crippen molar-refractivity contribution in [1.82, 2.24) is 10.1 Å². The van der Waals surface area contributed by atoms with E-state index in [-0.39, 0.29) is 23.0 Å². The first-order valence-corrected chi connectivity index (χ1v) is 8.13. The van der Waals surface area contributed by atoms with Gasteiger partial charge in [0.1, 0.15) is 5.75 Å². The molecule has 0 atom stereocenters. The summed E-state index contributed by atoms with van der Waals surface area (Å²) in [5.74, 6) is -0.562. The van der Waals surface area contributed by atoms with E-state index in [9.17, 15) is 15.0 Å². The van der Waals surface area contributed by atoms with Crippen LogP contribution < -0.4 is 0 Å². The Hall–Kier alpha value is -3.25. The summed E-state index contributed by atoms with van der Waals surface area (Å²) in [5.41, 5.74) is 2.62. The molecule has 7 heteroatoms. The van der Waals surface area contributed by atoms with Gasteiger partial charge in [-0.1, -0.05) is 28.9 Å². The molecule has 4 rings (SSSR count). The van der Waals surface area contributed by atoms with E-state index in [0.717, 1.165) is 5.56 Å². The van der Waals surface area contributed by atoms with Crippen molar-refractivity contribution < 1.29 is 19.5 Å². The van der Waals surface area contributed by atoms with E-state index >= 15 is 0 Å². The first kappa shape index (κ1) is 16.2. The summed E-state index contributed by atoms with van der Waals surface area (Å²) in [7, 11) is 0. The van der Waals surface area contributed by atoms with Crippen molar-refractivity contribution in [2.24, 2.45) is 0 Å². The lowest BCUT2D eigenvalue weighted by molar-refractivity contribution is 0.0999. The van der Waals surface area contributed by atoms with Crippen LogP contribution in [0.5, 0.6) is 11.6 Å². The number of halogens is 1. The van der Waals surface area contributed by atoms with Gasteiger partial charge in [0.05, 0.1) is 21.8 Å². The van der Waals surface area contributed by atoms with E-state index in [4.69, 9.17) is 16.1 Å².